The van der Waals surface area contributed by atoms with Gasteiger partial charge in [0.2, 0.25) is 0 Å². The monoisotopic (exact) mass is 219 g/mol. The number of hydrogen-bond acceptors (Lipinski definition) is 3. The first-order valence-corrected chi connectivity index (χ1v) is 4.82. The van der Waals surface area contributed by atoms with E-state index in [1.165, 1.54) is 13.0 Å². The van der Waals surface area contributed by atoms with Gasteiger partial charge in [0.05, 0.1) is 6.54 Å². The number of ketones is 1. The summed E-state index contributed by atoms with van der Waals surface area (Å²) >= 11 is 0. The smallest absolute Gasteiger partial charge is 0.328 e. The van der Waals surface area contributed by atoms with Gasteiger partial charge in [-0.15, -0.1) is 0 Å². The van der Waals surface area contributed by atoms with Gasteiger partial charge in [-0.1, -0.05) is 12.1 Å². The fourth-order valence-corrected chi connectivity index (χ4v) is 1.11. The SMILES string of the molecule is CC(=O)CNc1ccc(/C=C/C(=O)O)cc1. The summed E-state index contributed by atoms with van der Waals surface area (Å²) in [4.78, 5) is 21.0. The fraction of sp³-hybridized carbons (Fsp3) is 0.167. The number of aliphatic carboxylic acids is 1. The van der Waals surface area contributed by atoms with Crippen LogP contribution >= 0.6 is 0 Å². The van der Waals surface area contributed by atoms with Crippen molar-refractivity contribution in [1.82, 2.24) is 0 Å². The van der Waals surface area contributed by atoms with Crippen molar-refractivity contribution >= 4 is 23.5 Å². The van der Waals surface area contributed by atoms with Crippen LogP contribution in [0.15, 0.2) is 30.3 Å². The lowest BCUT2D eigenvalue weighted by molar-refractivity contribution is -0.131. The van der Waals surface area contributed by atoms with Crippen molar-refractivity contribution in [3.63, 3.8) is 0 Å². The van der Waals surface area contributed by atoms with Crippen LogP contribution in [0.1, 0.15) is 12.5 Å². The van der Waals surface area contributed by atoms with E-state index in [1.807, 2.05) is 0 Å². The van der Waals surface area contributed by atoms with Crippen LogP contribution in [0, 0.1) is 0 Å². The molecule has 1 aromatic rings. The molecule has 2 N–H and O–H groups in total. The second-order valence-electron chi connectivity index (χ2n) is 3.35. The van der Waals surface area contributed by atoms with Crippen molar-refractivity contribution < 1.29 is 14.7 Å². The number of Topliss-reactive ketones (excluding diaryl/α,β-unsaturated/α-hetero) is 1. The summed E-state index contributed by atoms with van der Waals surface area (Å²) in [6.07, 6.45) is 2.59. The quantitative estimate of drug-likeness (QED) is 0.741. The van der Waals surface area contributed by atoms with E-state index in [-0.39, 0.29) is 5.78 Å². The highest BCUT2D eigenvalue weighted by Crippen LogP contribution is 2.10. The summed E-state index contributed by atoms with van der Waals surface area (Å²) in [7, 11) is 0. The lowest BCUT2D eigenvalue weighted by atomic mass is 10.2. The van der Waals surface area contributed by atoms with Gasteiger partial charge in [0.1, 0.15) is 5.78 Å². The maximum atomic E-state index is 10.7. The predicted molar refractivity (Wildman–Crippen MR) is 62.3 cm³/mol. The van der Waals surface area contributed by atoms with Crippen LogP contribution in [0.25, 0.3) is 6.08 Å². The van der Waals surface area contributed by atoms with Crippen LogP contribution in [0.3, 0.4) is 0 Å². The van der Waals surface area contributed by atoms with Gasteiger partial charge < -0.3 is 10.4 Å². The zero-order chi connectivity index (χ0) is 12.0. The Morgan fingerprint density at radius 1 is 1.31 bits per heavy atom. The molecular weight excluding hydrogens is 206 g/mol. The Kier molecular flexibility index (Phi) is 4.27. The number of rotatable bonds is 5. The number of carboxylic acid groups (broad SMARTS) is 1. The van der Waals surface area contributed by atoms with Crippen molar-refractivity contribution in [2.75, 3.05) is 11.9 Å². The van der Waals surface area contributed by atoms with E-state index in [0.717, 1.165) is 17.3 Å². The van der Waals surface area contributed by atoms with Crippen molar-refractivity contribution in [1.29, 1.82) is 0 Å². The van der Waals surface area contributed by atoms with Crippen molar-refractivity contribution in [3.8, 4) is 0 Å². The molecule has 0 saturated carbocycles. The zero-order valence-corrected chi connectivity index (χ0v) is 8.93. The van der Waals surface area contributed by atoms with Gasteiger partial charge in [-0.2, -0.15) is 0 Å². The van der Waals surface area contributed by atoms with Gasteiger partial charge in [0.15, 0.2) is 0 Å². The fourth-order valence-electron chi connectivity index (χ4n) is 1.11. The molecule has 84 valence electrons. The van der Waals surface area contributed by atoms with Gasteiger partial charge in [0.25, 0.3) is 0 Å². The number of carboxylic acids is 1. The highest BCUT2D eigenvalue weighted by atomic mass is 16.4. The Morgan fingerprint density at radius 2 is 1.94 bits per heavy atom. The molecule has 0 amide bonds. The summed E-state index contributed by atoms with van der Waals surface area (Å²) in [5.41, 5.74) is 1.64. The average Bonchev–Trinajstić information content (AvgIpc) is 2.25. The first kappa shape index (κ1) is 12.0. The van der Waals surface area contributed by atoms with E-state index in [4.69, 9.17) is 5.11 Å². The second kappa shape index (κ2) is 5.70. The molecule has 0 aliphatic carbocycles. The van der Waals surface area contributed by atoms with Crippen molar-refractivity contribution in [2.45, 2.75) is 6.92 Å². The van der Waals surface area contributed by atoms with Crippen LogP contribution in [0.4, 0.5) is 5.69 Å². The summed E-state index contributed by atoms with van der Waals surface area (Å²) in [5.74, 6) is -0.909. The van der Waals surface area contributed by atoms with E-state index >= 15 is 0 Å². The third-order valence-electron chi connectivity index (χ3n) is 1.87. The first-order chi connectivity index (χ1) is 7.58. The lowest BCUT2D eigenvalue weighted by Gasteiger charge is -2.03. The minimum atomic E-state index is -0.973. The number of hydrogen-bond donors (Lipinski definition) is 2. The molecule has 4 nitrogen and oxygen atoms in total. The molecule has 4 heteroatoms. The molecule has 0 aliphatic rings. The third-order valence-corrected chi connectivity index (χ3v) is 1.87. The highest BCUT2D eigenvalue weighted by molar-refractivity contribution is 5.85. The molecule has 0 bridgehead atoms. The van der Waals surface area contributed by atoms with Gasteiger partial charge in [-0.05, 0) is 30.7 Å². The Morgan fingerprint density at radius 3 is 2.44 bits per heavy atom. The molecule has 0 fully saturated rings. The van der Waals surface area contributed by atoms with Gasteiger partial charge >= 0.3 is 5.97 Å². The lowest BCUT2D eigenvalue weighted by Crippen LogP contribution is -2.09. The Labute approximate surface area is 93.6 Å². The molecule has 0 atom stereocenters. The van der Waals surface area contributed by atoms with Gasteiger partial charge in [-0.3, -0.25) is 4.79 Å². The highest BCUT2D eigenvalue weighted by Gasteiger charge is 1.94. The molecular formula is C12H13NO3. The summed E-state index contributed by atoms with van der Waals surface area (Å²) in [5, 5.41) is 11.4. The summed E-state index contributed by atoms with van der Waals surface area (Å²) in [6, 6.07) is 7.15. The number of nitrogens with one attached hydrogen (secondary N) is 1. The van der Waals surface area contributed by atoms with E-state index in [1.54, 1.807) is 24.3 Å². The molecule has 0 unspecified atom stereocenters. The minimum absolute atomic E-state index is 0.0647. The topological polar surface area (TPSA) is 66.4 Å². The Hall–Kier alpha value is -2.10. The maximum Gasteiger partial charge on any atom is 0.328 e. The molecule has 16 heavy (non-hydrogen) atoms. The standard InChI is InChI=1S/C12H13NO3/c1-9(14)8-13-11-5-2-10(3-6-11)4-7-12(15)16/h2-7,13H,8H2,1H3,(H,15,16)/b7-4+. The van der Waals surface area contributed by atoms with Crippen LogP contribution in [-0.2, 0) is 9.59 Å². The molecule has 0 heterocycles. The maximum absolute atomic E-state index is 10.7. The largest absolute Gasteiger partial charge is 0.478 e. The molecule has 0 spiro atoms. The molecule has 0 aliphatic heterocycles. The normalized spacial score (nSPS) is 10.3. The van der Waals surface area contributed by atoms with Gasteiger partial charge in [0, 0.05) is 11.8 Å². The molecule has 1 rings (SSSR count). The second-order valence-corrected chi connectivity index (χ2v) is 3.35. The molecule has 1 aromatic carbocycles. The van der Waals surface area contributed by atoms with Crippen LogP contribution < -0.4 is 5.32 Å². The minimum Gasteiger partial charge on any atom is -0.478 e. The number of anilines is 1. The summed E-state index contributed by atoms with van der Waals surface area (Å²) in [6.45, 7) is 1.81. The molecule has 0 radical (unpaired) electrons. The van der Waals surface area contributed by atoms with E-state index in [0.29, 0.717) is 6.54 Å². The number of carbonyl (C=O) groups excluding carboxylic acids is 1. The van der Waals surface area contributed by atoms with Crippen LogP contribution in [-0.4, -0.2) is 23.4 Å². The molecule has 0 saturated heterocycles. The van der Waals surface area contributed by atoms with Crippen LogP contribution in [0.2, 0.25) is 0 Å². The van der Waals surface area contributed by atoms with Crippen LogP contribution in [0.5, 0.6) is 0 Å². The number of carbonyl (C=O) groups is 2. The average molecular weight is 219 g/mol. The van der Waals surface area contributed by atoms with E-state index < -0.39 is 5.97 Å². The van der Waals surface area contributed by atoms with Gasteiger partial charge in [-0.25, -0.2) is 4.79 Å². The van der Waals surface area contributed by atoms with E-state index in [9.17, 15) is 9.59 Å². The Bertz CT molecular complexity index is 407. The predicted octanol–water partition coefficient (Wildman–Crippen LogP) is 1.79. The van der Waals surface area contributed by atoms with Crippen molar-refractivity contribution in [3.05, 3.63) is 35.9 Å². The molecule has 0 aromatic heterocycles. The van der Waals surface area contributed by atoms with Crippen molar-refractivity contribution in [2.24, 2.45) is 0 Å². The number of benzene rings is 1. The van der Waals surface area contributed by atoms with E-state index in [2.05, 4.69) is 5.32 Å². The zero-order valence-electron chi connectivity index (χ0n) is 8.93. The third kappa shape index (κ3) is 4.41. The first-order valence-electron chi connectivity index (χ1n) is 4.82. The summed E-state index contributed by atoms with van der Waals surface area (Å²) < 4.78 is 0. The Balaban J connectivity index is 2.60.